The van der Waals surface area contributed by atoms with Crippen LogP contribution in [0.3, 0.4) is 0 Å². The summed E-state index contributed by atoms with van der Waals surface area (Å²) in [4.78, 5) is 41.0. The summed E-state index contributed by atoms with van der Waals surface area (Å²) in [6.07, 6.45) is 5.73. The number of rotatable bonds is 6. The van der Waals surface area contributed by atoms with Crippen molar-refractivity contribution < 1.29 is 14.4 Å². The van der Waals surface area contributed by atoms with Crippen molar-refractivity contribution >= 4 is 34.8 Å². The molecule has 0 unspecified atom stereocenters. The van der Waals surface area contributed by atoms with Gasteiger partial charge in [0.1, 0.15) is 0 Å². The first-order valence-electron chi connectivity index (χ1n) is 12.5. The minimum absolute atomic E-state index is 0.0292. The average Bonchev–Trinajstić information content (AvgIpc) is 2.85. The number of hydrogen-bond donors (Lipinski definition) is 3. The van der Waals surface area contributed by atoms with E-state index < -0.39 is 11.8 Å². The summed E-state index contributed by atoms with van der Waals surface area (Å²) in [6.45, 7) is 4.86. The number of benzene rings is 2. The lowest BCUT2D eigenvalue weighted by Crippen LogP contribution is -2.43. The van der Waals surface area contributed by atoms with Gasteiger partial charge in [0.15, 0.2) is 0 Å². The summed E-state index contributed by atoms with van der Waals surface area (Å²) in [5.74, 6) is -1.53. The molecule has 1 saturated heterocycles. The highest BCUT2D eigenvalue weighted by atomic mass is 16.2. The van der Waals surface area contributed by atoms with Gasteiger partial charge in [-0.15, -0.1) is 0 Å². The fourth-order valence-corrected chi connectivity index (χ4v) is 5.00. The number of carbonyl (C=O) groups excluding carboxylic acids is 3. The van der Waals surface area contributed by atoms with Crippen LogP contribution in [0.2, 0.25) is 0 Å². The van der Waals surface area contributed by atoms with Gasteiger partial charge in [-0.05, 0) is 80.2 Å². The van der Waals surface area contributed by atoms with Gasteiger partial charge in [0.25, 0.3) is 0 Å². The molecule has 1 atom stereocenters. The molecule has 186 valence electrons. The molecule has 0 aromatic heterocycles. The highest BCUT2D eigenvalue weighted by molar-refractivity contribution is 6.39. The SMILES string of the molecule is CC(=O)Nc1ccc(NC(=O)C(=O)NC[C@H](c2ccc3c(c2)CCCN3C)N2CCCCC2)cc1. The van der Waals surface area contributed by atoms with E-state index in [4.69, 9.17) is 0 Å². The minimum atomic E-state index is -0.707. The molecule has 2 aromatic rings. The number of amides is 3. The topological polar surface area (TPSA) is 93.8 Å². The molecule has 3 N–H and O–H groups in total. The first-order valence-corrected chi connectivity index (χ1v) is 12.5. The second-order valence-electron chi connectivity index (χ2n) is 9.45. The van der Waals surface area contributed by atoms with Crippen molar-refractivity contribution in [1.29, 1.82) is 0 Å². The largest absolute Gasteiger partial charge is 0.374 e. The molecule has 2 aliphatic heterocycles. The van der Waals surface area contributed by atoms with Crippen LogP contribution in [0.4, 0.5) is 17.1 Å². The quantitative estimate of drug-likeness (QED) is 0.555. The van der Waals surface area contributed by atoms with Crippen molar-refractivity contribution in [3.63, 3.8) is 0 Å². The number of likely N-dealkylation sites (tertiary alicyclic amines) is 1. The number of nitrogens with one attached hydrogen (secondary N) is 3. The lowest BCUT2D eigenvalue weighted by atomic mass is 9.95. The van der Waals surface area contributed by atoms with Gasteiger partial charge in [-0.3, -0.25) is 19.3 Å². The molecule has 0 bridgehead atoms. The van der Waals surface area contributed by atoms with Crippen LogP contribution in [0.25, 0.3) is 0 Å². The molecular weight excluding hydrogens is 442 g/mol. The maximum atomic E-state index is 12.6. The van der Waals surface area contributed by atoms with Crippen LogP contribution in [0.5, 0.6) is 0 Å². The number of anilines is 3. The highest BCUT2D eigenvalue weighted by Gasteiger charge is 2.26. The molecule has 35 heavy (non-hydrogen) atoms. The number of carbonyl (C=O) groups is 3. The summed E-state index contributed by atoms with van der Waals surface area (Å²) in [5, 5.41) is 8.16. The molecule has 0 spiro atoms. The van der Waals surface area contributed by atoms with E-state index in [1.54, 1.807) is 24.3 Å². The van der Waals surface area contributed by atoms with E-state index in [0.29, 0.717) is 17.9 Å². The van der Waals surface area contributed by atoms with E-state index in [1.807, 2.05) is 0 Å². The molecular formula is C27H35N5O3. The molecule has 2 aliphatic rings. The number of piperidine rings is 1. The highest BCUT2D eigenvalue weighted by Crippen LogP contribution is 2.31. The van der Waals surface area contributed by atoms with Gasteiger partial charge in [0, 0.05) is 44.1 Å². The first kappa shape index (κ1) is 24.7. The maximum absolute atomic E-state index is 12.6. The smallest absolute Gasteiger partial charge is 0.313 e. The number of aryl methyl sites for hydroxylation is 1. The van der Waals surface area contributed by atoms with E-state index in [-0.39, 0.29) is 11.9 Å². The second-order valence-corrected chi connectivity index (χ2v) is 9.45. The van der Waals surface area contributed by atoms with Crippen molar-refractivity contribution in [2.75, 3.05) is 48.8 Å². The predicted octanol–water partition coefficient (Wildman–Crippen LogP) is 3.31. The molecule has 1 fully saturated rings. The average molecular weight is 478 g/mol. The standard InChI is InChI=1S/C27H35N5O3/c1-19(33)29-22-9-11-23(12-10-22)30-27(35)26(34)28-18-25(32-15-4-3-5-16-32)21-8-13-24-20(17-21)7-6-14-31(24)2/h8-13,17,25H,3-7,14-16,18H2,1-2H3,(H,28,34)(H,29,33)(H,30,35)/t25-/m1/s1. The number of nitrogens with zero attached hydrogens (tertiary/aromatic N) is 2. The minimum Gasteiger partial charge on any atom is -0.374 e. The van der Waals surface area contributed by atoms with Gasteiger partial charge in [-0.25, -0.2) is 0 Å². The van der Waals surface area contributed by atoms with Crippen LogP contribution in [0, 0.1) is 0 Å². The van der Waals surface area contributed by atoms with Crippen molar-refractivity contribution in [2.24, 2.45) is 0 Å². The second kappa shape index (κ2) is 11.4. The fourth-order valence-electron chi connectivity index (χ4n) is 5.00. The van der Waals surface area contributed by atoms with E-state index in [1.165, 1.54) is 30.2 Å². The third kappa shape index (κ3) is 6.39. The zero-order valence-corrected chi connectivity index (χ0v) is 20.6. The Labute approximate surface area is 207 Å². The van der Waals surface area contributed by atoms with Gasteiger partial charge >= 0.3 is 11.8 Å². The molecule has 0 radical (unpaired) electrons. The van der Waals surface area contributed by atoms with Crippen LogP contribution in [0.1, 0.15) is 49.8 Å². The summed E-state index contributed by atoms with van der Waals surface area (Å²) in [7, 11) is 2.13. The number of fused-ring (bicyclic) bond motifs is 1. The van der Waals surface area contributed by atoms with E-state index in [9.17, 15) is 14.4 Å². The monoisotopic (exact) mass is 477 g/mol. The molecule has 8 nitrogen and oxygen atoms in total. The summed E-state index contributed by atoms with van der Waals surface area (Å²) in [6, 6.07) is 13.3. The summed E-state index contributed by atoms with van der Waals surface area (Å²) in [5.41, 5.74) is 4.94. The van der Waals surface area contributed by atoms with E-state index >= 15 is 0 Å². The summed E-state index contributed by atoms with van der Waals surface area (Å²) < 4.78 is 0. The zero-order chi connectivity index (χ0) is 24.8. The van der Waals surface area contributed by atoms with Gasteiger partial charge in [0.2, 0.25) is 5.91 Å². The van der Waals surface area contributed by atoms with Crippen LogP contribution in [0.15, 0.2) is 42.5 Å². The Bertz CT molecular complexity index is 1060. The fraction of sp³-hybridized carbons (Fsp3) is 0.444. The third-order valence-electron chi connectivity index (χ3n) is 6.80. The maximum Gasteiger partial charge on any atom is 0.313 e. The van der Waals surface area contributed by atoms with Crippen molar-refractivity contribution in [2.45, 2.75) is 45.1 Å². The van der Waals surface area contributed by atoms with E-state index in [0.717, 1.165) is 45.3 Å². The van der Waals surface area contributed by atoms with Gasteiger partial charge in [-0.1, -0.05) is 18.6 Å². The Balaban J connectivity index is 1.41. The molecule has 0 saturated carbocycles. The Morgan fingerprint density at radius 2 is 1.54 bits per heavy atom. The lowest BCUT2D eigenvalue weighted by Gasteiger charge is -2.36. The Morgan fingerprint density at radius 1 is 0.857 bits per heavy atom. The van der Waals surface area contributed by atoms with Crippen molar-refractivity contribution in [1.82, 2.24) is 10.2 Å². The zero-order valence-electron chi connectivity index (χ0n) is 20.6. The third-order valence-corrected chi connectivity index (χ3v) is 6.80. The Morgan fingerprint density at radius 3 is 2.23 bits per heavy atom. The first-order chi connectivity index (χ1) is 16.9. The molecule has 2 heterocycles. The molecule has 4 rings (SSSR count). The van der Waals surface area contributed by atoms with Crippen molar-refractivity contribution in [3.05, 3.63) is 53.6 Å². The molecule has 8 heteroatoms. The van der Waals surface area contributed by atoms with E-state index in [2.05, 4.69) is 51.0 Å². The van der Waals surface area contributed by atoms with Gasteiger partial charge in [0.05, 0.1) is 6.04 Å². The Hall–Kier alpha value is -3.39. The number of hydrogen-bond acceptors (Lipinski definition) is 5. The van der Waals surface area contributed by atoms with Crippen molar-refractivity contribution in [3.8, 4) is 0 Å². The van der Waals surface area contributed by atoms with Gasteiger partial charge in [-0.2, -0.15) is 0 Å². The molecule has 3 amide bonds. The van der Waals surface area contributed by atoms with Crippen LogP contribution in [-0.4, -0.2) is 55.8 Å². The van der Waals surface area contributed by atoms with Gasteiger partial charge < -0.3 is 20.9 Å². The Kier molecular flexibility index (Phi) is 8.02. The molecule has 2 aromatic carbocycles. The predicted molar refractivity (Wildman–Crippen MR) is 139 cm³/mol. The molecule has 0 aliphatic carbocycles. The van der Waals surface area contributed by atoms with Crippen LogP contribution in [-0.2, 0) is 20.8 Å². The summed E-state index contributed by atoms with van der Waals surface area (Å²) >= 11 is 0. The lowest BCUT2D eigenvalue weighted by molar-refractivity contribution is -0.136. The van der Waals surface area contributed by atoms with Crippen LogP contribution < -0.4 is 20.9 Å². The normalized spacial score (nSPS) is 16.7. The van der Waals surface area contributed by atoms with Crippen LogP contribution >= 0.6 is 0 Å².